The standard InChI is InChI=1S/C23H27NO4/c1-17(28-21-10-8-20(9-11-21)23(26)27-2)22(25)24-14-12-19(13-15-24)16-18-6-4-3-5-7-18/h3-11,17,19H,12-16H2,1-2H3. The fourth-order valence-electron chi connectivity index (χ4n) is 3.60. The molecular weight excluding hydrogens is 354 g/mol. The molecule has 0 N–H and O–H groups in total. The molecule has 5 nitrogen and oxygen atoms in total. The first-order chi connectivity index (χ1) is 13.6. The maximum Gasteiger partial charge on any atom is 0.337 e. The van der Waals surface area contributed by atoms with Gasteiger partial charge in [0.05, 0.1) is 12.7 Å². The number of methoxy groups -OCH3 is 1. The van der Waals surface area contributed by atoms with E-state index in [1.165, 1.54) is 12.7 Å². The molecule has 1 aliphatic rings. The summed E-state index contributed by atoms with van der Waals surface area (Å²) in [5.74, 6) is 0.797. The minimum absolute atomic E-state index is 0.00945. The average molecular weight is 381 g/mol. The van der Waals surface area contributed by atoms with Gasteiger partial charge in [-0.3, -0.25) is 4.79 Å². The van der Waals surface area contributed by atoms with Crippen molar-refractivity contribution in [2.24, 2.45) is 5.92 Å². The van der Waals surface area contributed by atoms with Crippen LogP contribution in [-0.2, 0) is 16.0 Å². The SMILES string of the molecule is COC(=O)c1ccc(OC(C)C(=O)N2CCC(Cc3ccccc3)CC2)cc1. The van der Waals surface area contributed by atoms with Crippen molar-refractivity contribution in [3.63, 3.8) is 0 Å². The van der Waals surface area contributed by atoms with Gasteiger partial charge in [0.1, 0.15) is 5.75 Å². The van der Waals surface area contributed by atoms with Crippen LogP contribution in [0, 0.1) is 5.92 Å². The lowest BCUT2D eigenvalue weighted by atomic mass is 9.90. The highest BCUT2D eigenvalue weighted by Gasteiger charge is 2.27. The van der Waals surface area contributed by atoms with E-state index in [2.05, 4.69) is 29.0 Å². The molecule has 0 spiro atoms. The summed E-state index contributed by atoms with van der Waals surface area (Å²) in [6.07, 6.45) is 2.54. The summed E-state index contributed by atoms with van der Waals surface area (Å²) in [6.45, 7) is 3.31. The van der Waals surface area contributed by atoms with Crippen LogP contribution in [0.25, 0.3) is 0 Å². The van der Waals surface area contributed by atoms with Crippen molar-refractivity contribution < 1.29 is 19.1 Å². The number of carbonyl (C=O) groups is 2. The molecule has 5 heteroatoms. The number of benzene rings is 2. The number of likely N-dealkylation sites (tertiary alicyclic amines) is 1. The zero-order valence-electron chi connectivity index (χ0n) is 16.5. The molecule has 1 saturated heterocycles. The molecule has 1 heterocycles. The highest BCUT2D eigenvalue weighted by molar-refractivity contribution is 5.89. The number of piperidine rings is 1. The Hall–Kier alpha value is -2.82. The summed E-state index contributed by atoms with van der Waals surface area (Å²) < 4.78 is 10.5. The summed E-state index contributed by atoms with van der Waals surface area (Å²) in [4.78, 5) is 26.1. The first-order valence-corrected chi connectivity index (χ1v) is 9.74. The van der Waals surface area contributed by atoms with Crippen LogP contribution in [0.1, 0.15) is 35.7 Å². The number of nitrogens with zero attached hydrogens (tertiary/aromatic N) is 1. The van der Waals surface area contributed by atoms with Crippen LogP contribution < -0.4 is 4.74 Å². The van der Waals surface area contributed by atoms with Crippen LogP contribution in [0.4, 0.5) is 0 Å². The van der Waals surface area contributed by atoms with Gasteiger partial charge in [-0.25, -0.2) is 4.79 Å². The lowest BCUT2D eigenvalue weighted by Gasteiger charge is -2.33. The maximum absolute atomic E-state index is 12.7. The fourth-order valence-corrected chi connectivity index (χ4v) is 3.60. The monoisotopic (exact) mass is 381 g/mol. The van der Waals surface area contributed by atoms with Crippen LogP contribution in [0.3, 0.4) is 0 Å². The second-order valence-electron chi connectivity index (χ2n) is 7.23. The van der Waals surface area contributed by atoms with Crippen molar-refractivity contribution in [3.8, 4) is 5.75 Å². The lowest BCUT2D eigenvalue weighted by molar-refractivity contribution is -0.139. The Balaban J connectivity index is 1.48. The third kappa shape index (κ3) is 5.12. The Bertz CT molecular complexity index is 780. The van der Waals surface area contributed by atoms with Crippen LogP contribution in [0.15, 0.2) is 54.6 Å². The van der Waals surface area contributed by atoms with Gasteiger partial charge in [-0.05, 0) is 61.9 Å². The van der Waals surface area contributed by atoms with E-state index >= 15 is 0 Å². The summed E-state index contributed by atoms with van der Waals surface area (Å²) >= 11 is 0. The zero-order chi connectivity index (χ0) is 19.9. The largest absolute Gasteiger partial charge is 0.481 e. The quantitative estimate of drug-likeness (QED) is 0.716. The number of carbonyl (C=O) groups excluding carboxylic acids is 2. The lowest BCUT2D eigenvalue weighted by Crippen LogP contribution is -2.45. The Labute approximate surface area is 166 Å². The average Bonchev–Trinajstić information content (AvgIpc) is 2.74. The van der Waals surface area contributed by atoms with Gasteiger partial charge < -0.3 is 14.4 Å². The van der Waals surface area contributed by atoms with Crippen LogP contribution in [0.5, 0.6) is 5.75 Å². The fraction of sp³-hybridized carbons (Fsp3) is 0.391. The molecule has 2 aromatic rings. The number of hydrogen-bond donors (Lipinski definition) is 0. The van der Waals surface area contributed by atoms with Gasteiger partial charge in [0.2, 0.25) is 0 Å². The van der Waals surface area contributed by atoms with Crippen molar-refractivity contribution in [1.82, 2.24) is 4.90 Å². The van der Waals surface area contributed by atoms with Crippen LogP contribution in [0.2, 0.25) is 0 Å². The van der Waals surface area contributed by atoms with Crippen molar-refractivity contribution in [2.45, 2.75) is 32.3 Å². The van der Waals surface area contributed by atoms with E-state index in [0.717, 1.165) is 32.4 Å². The molecular formula is C23H27NO4. The Morgan fingerprint density at radius 3 is 2.29 bits per heavy atom. The van der Waals surface area contributed by atoms with Gasteiger partial charge in [0.25, 0.3) is 5.91 Å². The molecule has 1 aliphatic heterocycles. The molecule has 2 aromatic carbocycles. The van der Waals surface area contributed by atoms with Gasteiger partial charge in [-0.1, -0.05) is 30.3 Å². The van der Waals surface area contributed by atoms with Gasteiger partial charge in [-0.2, -0.15) is 0 Å². The number of hydrogen-bond acceptors (Lipinski definition) is 4. The minimum Gasteiger partial charge on any atom is -0.481 e. The molecule has 0 bridgehead atoms. The van der Waals surface area contributed by atoms with E-state index in [9.17, 15) is 9.59 Å². The number of ether oxygens (including phenoxy) is 2. The van der Waals surface area contributed by atoms with E-state index in [0.29, 0.717) is 17.2 Å². The second kappa shape index (κ2) is 9.40. The van der Waals surface area contributed by atoms with Gasteiger partial charge in [0, 0.05) is 13.1 Å². The van der Waals surface area contributed by atoms with E-state index in [1.807, 2.05) is 11.0 Å². The predicted molar refractivity (Wildman–Crippen MR) is 107 cm³/mol. The molecule has 0 saturated carbocycles. The molecule has 1 amide bonds. The van der Waals surface area contributed by atoms with E-state index in [-0.39, 0.29) is 5.91 Å². The van der Waals surface area contributed by atoms with E-state index in [4.69, 9.17) is 4.74 Å². The van der Waals surface area contributed by atoms with Crippen LogP contribution >= 0.6 is 0 Å². The molecule has 1 unspecified atom stereocenters. The normalized spacial score (nSPS) is 15.7. The van der Waals surface area contributed by atoms with E-state index in [1.54, 1.807) is 31.2 Å². The summed E-state index contributed by atoms with van der Waals surface area (Å²) in [5, 5.41) is 0. The Morgan fingerprint density at radius 2 is 1.68 bits per heavy atom. The minimum atomic E-state index is -0.561. The topological polar surface area (TPSA) is 55.8 Å². The third-order valence-electron chi connectivity index (χ3n) is 5.23. The van der Waals surface area contributed by atoms with Crippen molar-refractivity contribution in [1.29, 1.82) is 0 Å². The molecule has 148 valence electrons. The molecule has 0 aromatic heterocycles. The highest BCUT2D eigenvalue weighted by Crippen LogP contribution is 2.23. The van der Waals surface area contributed by atoms with Crippen molar-refractivity contribution in [3.05, 3.63) is 65.7 Å². The molecule has 1 fully saturated rings. The maximum atomic E-state index is 12.7. The van der Waals surface area contributed by atoms with Gasteiger partial charge in [-0.15, -0.1) is 0 Å². The highest BCUT2D eigenvalue weighted by atomic mass is 16.5. The molecule has 0 radical (unpaired) electrons. The summed E-state index contributed by atoms with van der Waals surface area (Å²) in [6, 6.07) is 17.1. The summed E-state index contributed by atoms with van der Waals surface area (Å²) in [5.41, 5.74) is 1.81. The zero-order valence-corrected chi connectivity index (χ0v) is 16.5. The molecule has 3 rings (SSSR count). The van der Waals surface area contributed by atoms with Crippen molar-refractivity contribution >= 4 is 11.9 Å². The Kier molecular flexibility index (Phi) is 6.69. The first kappa shape index (κ1) is 19.9. The van der Waals surface area contributed by atoms with Gasteiger partial charge >= 0.3 is 5.97 Å². The van der Waals surface area contributed by atoms with Gasteiger partial charge in [0.15, 0.2) is 6.10 Å². The Morgan fingerprint density at radius 1 is 1.04 bits per heavy atom. The van der Waals surface area contributed by atoms with Crippen molar-refractivity contribution in [2.75, 3.05) is 20.2 Å². The second-order valence-corrected chi connectivity index (χ2v) is 7.23. The molecule has 1 atom stereocenters. The number of esters is 1. The first-order valence-electron chi connectivity index (χ1n) is 9.74. The molecule has 0 aliphatic carbocycles. The predicted octanol–water partition coefficient (Wildman–Crippen LogP) is 3.72. The number of amides is 1. The van der Waals surface area contributed by atoms with E-state index < -0.39 is 12.1 Å². The summed E-state index contributed by atoms with van der Waals surface area (Å²) in [7, 11) is 1.34. The smallest absolute Gasteiger partial charge is 0.337 e. The third-order valence-corrected chi connectivity index (χ3v) is 5.23. The number of rotatable bonds is 6. The van der Waals surface area contributed by atoms with Crippen LogP contribution in [-0.4, -0.2) is 43.1 Å². The molecule has 28 heavy (non-hydrogen) atoms.